The summed E-state index contributed by atoms with van der Waals surface area (Å²) in [5.41, 5.74) is 0.992. The summed E-state index contributed by atoms with van der Waals surface area (Å²) in [6, 6.07) is 4.88. The highest BCUT2D eigenvalue weighted by molar-refractivity contribution is 6.03. The second kappa shape index (κ2) is 6.51. The van der Waals surface area contributed by atoms with Crippen molar-refractivity contribution in [2.45, 2.75) is 6.54 Å². The number of nitrogens with zero attached hydrogens (tertiary/aromatic N) is 3. The van der Waals surface area contributed by atoms with Gasteiger partial charge in [-0.3, -0.25) is 14.5 Å². The third-order valence-electron chi connectivity index (χ3n) is 2.74. The van der Waals surface area contributed by atoms with Gasteiger partial charge in [0.15, 0.2) is 0 Å². The van der Waals surface area contributed by atoms with Crippen molar-refractivity contribution in [2.75, 3.05) is 12.4 Å². The number of carbonyl (C=O) groups is 2. The molecule has 8 heteroatoms. The highest BCUT2D eigenvalue weighted by Gasteiger charge is 2.10. The molecule has 2 aromatic rings. The Bertz CT molecular complexity index is 653. The van der Waals surface area contributed by atoms with Crippen molar-refractivity contribution in [3.63, 3.8) is 0 Å². The topological polar surface area (TPSA) is 98.1 Å². The standard InChI is InChI=1S/C13H15N5O3/c1-18-11(4-6-16-18)17-12(19)9-3-5-14-10(7-9)8-15-13(20)21-2/h3-7H,8H2,1-2H3,(H,15,20)(H,17,19). The average Bonchev–Trinajstić information content (AvgIpc) is 2.90. The van der Waals surface area contributed by atoms with Gasteiger partial charge in [0.25, 0.3) is 5.91 Å². The van der Waals surface area contributed by atoms with Crippen molar-refractivity contribution in [1.29, 1.82) is 0 Å². The summed E-state index contributed by atoms with van der Waals surface area (Å²) in [6.07, 6.45) is 2.54. The molecule has 2 N–H and O–H groups in total. The molecule has 0 spiro atoms. The molecule has 0 radical (unpaired) electrons. The van der Waals surface area contributed by atoms with Gasteiger partial charge in [0.2, 0.25) is 0 Å². The molecule has 0 aliphatic heterocycles. The minimum Gasteiger partial charge on any atom is -0.453 e. The van der Waals surface area contributed by atoms with Crippen LogP contribution < -0.4 is 10.6 Å². The first-order valence-corrected chi connectivity index (χ1v) is 6.16. The molecule has 0 atom stereocenters. The normalized spacial score (nSPS) is 10.0. The Morgan fingerprint density at radius 2 is 2.14 bits per heavy atom. The first-order valence-electron chi connectivity index (χ1n) is 6.16. The van der Waals surface area contributed by atoms with Gasteiger partial charge in [-0.1, -0.05) is 0 Å². The van der Waals surface area contributed by atoms with E-state index in [1.165, 1.54) is 13.3 Å². The number of methoxy groups -OCH3 is 1. The molecule has 2 rings (SSSR count). The fourth-order valence-electron chi connectivity index (χ4n) is 1.64. The van der Waals surface area contributed by atoms with Crippen LogP contribution in [0.1, 0.15) is 16.1 Å². The fraction of sp³-hybridized carbons (Fsp3) is 0.231. The average molecular weight is 289 g/mol. The summed E-state index contributed by atoms with van der Waals surface area (Å²) in [5, 5.41) is 9.20. The Hall–Kier alpha value is -2.90. The Labute approximate surface area is 121 Å². The first kappa shape index (κ1) is 14.5. The minimum atomic E-state index is -0.554. The van der Waals surface area contributed by atoms with Crippen molar-refractivity contribution in [2.24, 2.45) is 7.05 Å². The number of alkyl carbamates (subject to hydrolysis) is 1. The molecule has 0 saturated heterocycles. The van der Waals surface area contributed by atoms with Gasteiger partial charge in [-0.25, -0.2) is 4.79 Å². The van der Waals surface area contributed by atoms with Crippen molar-refractivity contribution in [1.82, 2.24) is 20.1 Å². The second-order valence-electron chi connectivity index (χ2n) is 4.18. The highest BCUT2D eigenvalue weighted by Crippen LogP contribution is 2.08. The van der Waals surface area contributed by atoms with E-state index in [1.54, 1.807) is 36.1 Å². The lowest BCUT2D eigenvalue weighted by Gasteiger charge is -2.07. The van der Waals surface area contributed by atoms with Crippen LogP contribution in [-0.4, -0.2) is 33.9 Å². The summed E-state index contributed by atoms with van der Waals surface area (Å²) >= 11 is 0. The number of hydrogen-bond acceptors (Lipinski definition) is 5. The van der Waals surface area contributed by atoms with Gasteiger partial charge in [-0.15, -0.1) is 0 Å². The number of hydrogen-bond donors (Lipinski definition) is 2. The first-order chi connectivity index (χ1) is 10.1. The van der Waals surface area contributed by atoms with Crippen LogP contribution in [0.5, 0.6) is 0 Å². The van der Waals surface area contributed by atoms with Gasteiger partial charge in [-0.2, -0.15) is 5.10 Å². The number of nitrogens with one attached hydrogen (secondary N) is 2. The van der Waals surface area contributed by atoms with Crippen LogP contribution in [0.15, 0.2) is 30.6 Å². The maximum atomic E-state index is 12.1. The van der Waals surface area contributed by atoms with Gasteiger partial charge < -0.3 is 15.4 Å². The van der Waals surface area contributed by atoms with Crippen LogP contribution in [0, 0.1) is 0 Å². The Balaban J connectivity index is 2.04. The number of aryl methyl sites for hydroxylation is 1. The van der Waals surface area contributed by atoms with E-state index in [0.717, 1.165) is 0 Å². The van der Waals surface area contributed by atoms with Crippen LogP contribution in [0.3, 0.4) is 0 Å². The van der Waals surface area contributed by atoms with E-state index < -0.39 is 6.09 Å². The number of rotatable bonds is 4. The lowest BCUT2D eigenvalue weighted by atomic mass is 10.2. The molecular formula is C13H15N5O3. The molecule has 2 heterocycles. The molecule has 2 aromatic heterocycles. The second-order valence-corrected chi connectivity index (χ2v) is 4.18. The zero-order valence-corrected chi connectivity index (χ0v) is 11.7. The zero-order valence-electron chi connectivity index (χ0n) is 11.7. The minimum absolute atomic E-state index is 0.180. The number of anilines is 1. The van der Waals surface area contributed by atoms with Crippen LogP contribution in [0.4, 0.5) is 10.6 Å². The Morgan fingerprint density at radius 3 is 2.81 bits per heavy atom. The molecule has 8 nitrogen and oxygen atoms in total. The molecule has 0 aliphatic carbocycles. The number of pyridine rings is 1. The van der Waals surface area contributed by atoms with Crippen molar-refractivity contribution in [3.05, 3.63) is 41.9 Å². The molecule has 0 unspecified atom stereocenters. The summed E-state index contributed by atoms with van der Waals surface area (Å²) < 4.78 is 6.02. The third kappa shape index (κ3) is 3.78. The van der Waals surface area contributed by atoms with E-state index in [1.807, 2.05) is 0 Å². The molecule has 0 aromatic carbocycles. The van der Waals surface area contributed by atoms with Gasteiger partial charge in [0.05, 0.1) is 25.5 Å². The number of carbonyl (C=O) groups excluding carboxylic acids is 2. The van der Waals surface area contributed by atoms with Crippen LogP contribution >= 0.6 is 0 Å². The van der Waals surface area contributed by atoms with E-state index in [9.17, 15) is 9.59 Å². The smallest absolute Gasteiger partial charge is 0.407 e. The summed E-state index contributed by atoms with van der Waals surface area (Å²) in [4.78, 5) is 27.2. The molecule has 21 heavy (non-hydrogen) atoms. The van der Waals surface area contributed by atoms with E-state index in [2.05, 4.69) is 25.5 Å². The fourth-order valence-corrected chi connectivity index (χ4v) is 1.64. The molecular weight excluding hydrogens is 274 g/mol. The highest BCUT2D eigenvalue weighted by atomic mass is 16.5. The van der Waals surface area contributed by atoms with Crippen molar-refractivity contribution >= 4 is 17.8 Å². The molecule has 0 bridgehead atoms. The number of amides is 2. The SMILES string of the molecule is COC(=O)NCc1cc(C(=O)Nc2ccnn2C)ccn1. The predicted molar refractivity (Wildman–Crippen MR) is 74.6 cm³/mol. The van der Waals surface area contributed by atoms with Gasteiger partial charge in [-0.05, 0) is 12.1 Å². The van der Waals surface area contributed by atoms with Gasteiger partial charge in [0, 0.05) is 24.9 Å². The van der Waals surface area contributed by atoms with Crippen LogP contribution in [-0.2, 0) is 18.3 Å². The van der Waals surface area contributed by atoms with E-state index >= 15 is 0 Å². The van der Waals surface area contributed by atoms with E-state index in [4.69, 9.17) is 0 Å². The molecule has 110 valence electrons. The number of aromatic nitrogens is 3. The predicted octanol–water partition coefficient (Wildman–Crippen LogP) is 0.923. The Morgan fingerprint density at radius 1 is 1.33 bits per heavy atom. The van der Waals surface area contributed by atoms with Crippen LogP contribution in [0.25, 0.3) is 0 Å². The lowest BCUT2D eigenvalue weighted by molar-refractivity contribution is 0.102. The van der Waals surface area contributed by atoms with Gasteiger partial charge in [0.1, 0.15) is 5.82 Å². The van der Waals surface area contributed by atoms with Crippen molar-refractivity contribution in [3.8, 4) is 0 Å². The monoisotopic (exact) mass is 289 g/mol. The van der Waals surface area contributed by atoms with Crippen molar-refractivity contribution < 1.29 is 14.3 Å². The third-order valence-corrected chi connectivity index (χ3v) is 2.74. The lowest BCUT2D eigenvalue weighted by Crippen LogP contribution is -2.23. The summed E-state index contributed by atoms with van der Waals surface area (Å²) in [6.45, 7) is 0.180. The maximum absolute atomic E-state index is 12.1. The van der Waals surface area contributed by atoms with E-state index in [-0.39, 0.29) is 12.5 Å². The maximum Gasteiger partial charge on any atom is 0.407 e. The Kier molecular flexibility index (Phi) is 4.50. The summed E-state index contributed by atoms with van der Waals surface area (Å²) in [7, 11) is 3.01. The quantitative estimate of drug-likeness (QED) is 0.872. The zero-order chi connectivity index (χ0) is 15.2. The molecule has 2 amide bonds. The molecule has 0 aliphatic rings. The molecule has 0 saturated carbocycles. The van der Waals surface area contributed by atoms with Gasteiger partial charge >= 0.3 is 6.09 Å². The largest absolute Gasteiger partial charge is 0.453 e. The molecule has 0 fully saturated rings. The van der Waals surface area contributed by atoms with E-state index in [0.29, 0.717) is 17.1 Å². The van der Waals surface area contributed by atoms with Crippen LogP contribution in [0.2, 0.25) is 0 Å². The summed E-state index contributed by atoms with van der Waals surface area (Å²) in [5.74, 6) is 0.311. The number of ether oxygens (including phenoxy) is 1.